The van der Waals surface area contributed by atoms with E-state index in [9.17, 15) is 4.39 Å². The summed E-state index contributed by atoms with van der Waals surface area (Å²) in [7, 11) is 1.64. The largest absolute Gasteiger partial charge is 0.242 e. The number of nitrogens with zero attached hydrogens (tertiary/aromatic N) is 2. The third-order valence-electron chi connectivity index (χ3n) is 2.00. The van der Waals surface area contributed by atoms with E-state index in [0.717, 1.165) is 11.3 Å². The zero-order chi connectivity index (χ0) is 9.30. The van der Waals surface area contributed by atoms with E-state index in [1.165, 1.54) is 4.68 Å². The van der Waals surface area contributed by atoms with Gasteiger partial charge < -0.3 is 0 Å². The smallest absolute Gasteiger partial charge is 0.214 e. The quantitative estimate of drug-likeness (QED) is 0.665. The van der Waals surface area contributed by atoms with Gasteiger partial charge in [0.1, 0.15) is 0 Å². The summed E-state index contributed by atoms with van der Waals surface area (Å²) in [5, 5.41) is 4.12. The number of rotatable bonds is 2. The summed E-state index contributed by atoms with van der Waals surface area (Å²) in [5.41, 5.74) is 1.64. The van der Waals surface area contributed by atoms with Crippen LogP contribution in [0.4, 0.5) is 4.39 Å². The van der Waals surface area contributed by atoms with Gasteiger partial charge in [0.25, 0.3) is 0 Å². The summed E-state index contributed by atoms with van der Waals surface area (Å²) in [6, 6.07) is 0. The van der Waals surface area contributed by atoms with E-state index < -0.39 is 0 Å². The third-order valence-corrected chi connectivity index (χ3v) is 2.00. The zero-order valence-electron chi connectivity index (χ0n) is 8.06. The molecule has 68 valence electrons. The van der Waals surface area contributed by atoms with Crippen LogP contribution in [0, 0.1) is 5.95 Å². The van der Waals surface area contributed by atoms with Crippen molar-refractivity contribution in [3.8, 4) is 0 Å². The molecule has 0 fully saturated rings. The molecule has 3 heteroatoms. The van der Waals surface area contributed by atoms with Crippen molar-refractivity contribution in [2.75, 3.05) is 0 Å². The number of aryl methyl sites for hydroxylation is 1. The summed E-state index contributed by atoms with van der Waals surface area (Å²) < 4.78 is 14.6. The molecule has 0 aliphatic carbocycles. The highest BCUT2D eigenvalue weighted by Crippen LogP contribution is 2.20. The molecule has 0 aliphatic heterocycles. The van der Waals surface area contributed by atoms with Crippen LogP contribution in [0.1, 0.15) is 37.9 Å². The molecule has 0 unspecified atom stereocenters. The zero-order valence-corrected chi connectivity index (χ0v) is 8.06. The fourth-order valence-electron chi connectivity index (χ4n) is 1.36. The van der Waals surface area contributed by atoms with Crippen molar-refractivity contribution in [1.82, 2.24) is 9.78 Å². The lowest BCUT2D eigenvalue weighted by Gasteiger charge is -2.01. The van der Waals surface area contributed by atoms with Crippen molar-refractivity contribution in [3.05, 3.63) is 17.2 Å². The van der Waals surface area contributed by atoms with Gasteiger partial charge in [0, 0.05) is 12.6 Å². The minimum atomic E-state index is -0.193. The molecule has 0 bridgehead atoms. The molecule has 12 heavy (non-hydrogen) atoms. The highest BCUT2D eigenvalue weighted by molar-refractivity contribution is 5.21. The summed E-state index contributed by atoms with van der Waals surface area (Å²) in [5.74, 6) is 0.108. The van der Waals surface area contributed by atoms with E-state index >= 15 is 0 Å². The van der Waals surface area contributed by atoms with Gasteiger partial charge in [0.15, 0.2) is 0 Å². The van der Waals surface area contributed by atoms with E-state index in [-0.39, 0.29) is 5.95 Å². The average molecular weight is 170 g/mol. The molecule has 0 N–H and O–H groups in total. The molecule has 1 aromatic heterocycles. The van der Waals surface area contributed by atoms with E-state index in [2.05, 4.69) is 5.10 Å². The van der Waals surface area contributed by atoms with E-state index in [0.29, 0.717) is 12.3 Å². The SMILES string of the molecule is CCc1c(C(C)C)nn(C)c1F. The molecular weight excluding hydrogens is 155 g/mol. The van der Waals surface area contributed by atoms with Gasteiger partial charge in [-0.2, -0.15) is 9.49 Å². The molecule has 2 nitrogen and oxygen atoms in total. The summed E-state index contributed by atoms with van der Waals surface area (Å²) in [4.78, 5) is 0. The van der Waals surface area contributed by atoms with Crippen molar-refractivity contribution in [1.29, 1.82) is 0 Å². The van der Waals surface area contributed by atoms with Gasteiger partial charge in [-0.15, -0.1) is 0 Å². The van der Waals surface area contributed by atoms with Crippen molar-refractivity contribution in [2.45, 2.75) is 33.1 Å². The van der Waals surface area contributed by atoms with Crippen molar-refractivity contribution >= 4 is 0 Å². The van der Waals surface area contributed by atoms with Gasteiger partial charge in [-0.1, -0.05) is 20.8 Å². The fraction of sp³-hybridized carbons (Fsp3) is 0.667. The molecule has 0 aromatic carbocycles. The molecular formula is C9H15FN2. The Balaban J connectivity index is 3.20. The Hall–Kier alpha value is -0.860. The Labute approximate surface area is 72.4 Å². The first kappa shape index (κ1) is 9.23. The predicted octanol–water partition coefficient (Wildman–Crippen LogP) is 2.25. The molecule has 0 amide bonds. The number of aromatic nitrogens is 2. The first-order valence-corrected chi connectivity index (χ1v) is 4.29. The number of hydrogen-bond donors (Lipinski definition) is 0. The molecule has 0 spiro atoms. The Morgan fingerprint density at radius 3 is 2.42 bits per heavy atom. The number of halogens is 1. The lowest BCUT2D eigenvalue weighted by atomic mass is 10.0. The Kier molecular flexibility index (Phi) is 2.50. The van der Waals surface area contributed by atoms with Gasteiger partial charge in [-0.3, -0.25) is 0 Å². The van der Waals surface area contributed by atoms with Crippen LogP contribution in [0.3, 0.4) is 0 Å². The molecule has 1 aromatic rings. The number of hydrogen-bond acceptors (Lipinski definition) is 1. The Morgan fingerprint density at radius 1 is 1.50 bits per heavy atom. The first-order chi connectivity index (χ1) is 5.57. The second-order valence-electron chi connectivity index (χ2n) is 3.29. The molecule has 0 saturated carbocycles. The predicted molar refractivity (Wildman–Crippen MR) is 46.6 cm³/mol. The highest BCUT2D eigenvalue weighted by atomic mass is 19.1. The molecule has 0 atom stereocenters. The van der Waals surface area contributed by atoms with Crippen LogP contribution in [-0.2, 0) is 13.5 Å². The lowest BCUT2D eigenvalue weighted by Crippen LogP contribution is -1.95. The van der Waals surface area contributed by atoms with Crippen LogP contribution in [0.15, 0.2) is 0 Å². The molecule has 0 radical (unpaired) electrons. The minimum Gasteiger partial charge on any atom is -0.242 e. The summed E-state index contributed by atoms with van der Waals surface area (Å²) in [6.07, 6.45) is 0.715. The first-order valence-electron chi connectivity index (χ1n) is 4.29. The van der Waals surface area contributed by atoms with E-state index in [4.69, 9.17) is 0 Å². The van der Waals surface area contributed by atoms with Crippen LogP contribution in [0.2, 0.25) is 0 Å². The molecule has 1 rings (SSSR count). The van der Waals surface area contributed by atoms with Crippen molar-refractivity contribution in [3.63, 3.8) is 0 Å². The van der Waals surface area contributed by atoms with Crippen molar-refractivity contribution in [2.24, 2.45) is 7.05 Å². The normalized spacial score (nSPS) is 11.2. The molecule has 1 heterocycles. The van der Waals surface area contributed by atoms with E-state index in [1.54, 1.807) is 7.05 Å². The van der Waals surface area contributed by atoms with Crippen LogP contribution < -0.4 is 0 Å². The maximum Gasteiger partial charge on any atom is 0.214 e. The molecule has 0 saturated heterocycles. The molecule has 0 aliphatic rings. The average Bonchev–Trinajstić information content (AvgIpc) is 2.29. The Morgan fingerprint density at radius 2 is 2.08 bits per heavy atom. The highest BCUT2D eigenvalue weighted by Gasteiger charge is 2.16. The van der Waals surface area contributed by atoms with Gasteiger partial charge in [0.05, 0.1) is 5.69 Å². The maximum absolute atomic E-state index is 13.3. The summed E-state index contributed by atoms with van der Waals surface area (Å²) in [6.45, 7) is 6.01. The minimum absolute atomic E-state index is 0.193. The van der Waals surface area contributed by atoms with Crippen LogP contribution in [-0.4, -0.2) is 9.78 Å². The maximum atomic E-state index is 13.3. The second kappa shape index (κ2) is 3.25. The monoisotopic (exact) mass is 170 g/mol. The third kappa shape index (κ3) is 1.36. The van der Waals surface area contributed by atoms with Crippen LogP contribution >= 0.6 is 0 Å². The standard InChI is InChI=1S/C9H15FN2/c1-5-7-8(6(2)3)11-12(4)9(7)10/h6H,5H2,1-4H3. The van der Waals surface area contributed by atoms with Gasteiger partial charge >= 0.3 is 0 Å². The van der Waals surface area contributed by atoms with Crippen LogP contribution in [0.5, 0.6) is 0 Å². The second-order valence-corrected chi connectivity index (χ2v) is 3.29. The Bertz CT molecular complexity index is 276. The van der Waals surface area contributed by atoms with E-state index in [1.807, 2.05) is 20.8 Å². The van der Waals surface area contributed by atoms with Gasteiger partial charge in [-0.25, -0.2) is 4.68 Å². The topological polar surface area (TPSA) is 17.8 Å². The van der Waals surface area contributed by atoms with Gasteiger partial charge in [-0.05, 0) is 12.3 Å². The lowest BCUT2D eigenvalue weighted by molar-refractivity contribution is 0.495. The van der Waals surface area contributed by atoms with Crippen LogP contribution in [0.25, 0.3) is 0 Å². The summed E-state index contributed by atoms with van der Waals surface area (Å²) >= 11 is 0. The van der Waals surface area contributed by atoms with Gasteiger partial charge in [0.2, 0.25) is 5.95 Å². The fourth-order valence-corrected chi connectivity index (χ4v) is 1.36. The van der Waals surface area contributed by atoms with Crippen molar-refractivity contribution < 1.29 is 4.39 Å².